The Bertz CT molecular complexity index is 462. The molecule has 0 amide bonds. The lowest BCUT2D eigenvalue weighted by molar-refractivity contribution is -0.108. The Morgan fingerprint density at radius 2 is 2.22 bits per heavy atom. The van der Waals surface area contributed by atoms with Crippen LogP contribution in [0.5, 0.6) is 11.5 Å². The highest BCUT2D eigenvalue weighted by Gasteiger charge is 2.25. The van der Waals surface area contributed by atoms with Gasteiger partial charge in [0.05, 0.1) is 17.7 Å². The lowest BCUT2D eigenvalue weighted by Gasteiger charge is -2.18. The maximum Gasteiger partial charge on any atom is 0.167 e. The van der Waals surface area contributed by atoms with E-state index in [4.69, 9.17) is 9.47 Å². The van der Waals surface area contributed by atoms with E-state index >= 15 is 0 Å². The number of rotatable bonds is 3. The van der Waals surface area contributed by atoms with Crippen molar-refractivity contribution in [3.05, 3.63) is 21.9 Å². The summed E-state index contributed by atoms with van der Waals surface area (Å²) >= 11 is 3.17. The predicted molar refractivity (Wildman–Crippen MR) is 68.8 cm³/mol. The van der Waals surface area contributed by atoms with E-state index in [-0.39, 0.29) is 18.2 Å². The molecule has 0 saturated carbocycles. The van der Waals surface area contributed by atoms with Gasteiger partial charge in [0.25, 0.3) is 0 Å². The Morgan fingerprint density at radius 3 is 2.94 bits per heavy atom. The van der Waals surface area contributed by atoms with Crippen molar-refractivity contribution in [3.63, 3.8) is 0 Å². The van der Waals surface area contributed by atoms with Crippen LogP contribution in [0.2, 0.25) is 0 Å². The number of aldehydes is 1. The smallest absolute Gasteiger partial charge is 0.167 e. The maximum atomic E-state index is 14.2. The van der Waals surface area contributed by atoms with E-state index in [9.17, 15) is 9.18 Å². The first-order chi connectivity index (χ1) is 8.65. The molecule has 0 fully saturated rings. The van der Waals surface area contributed by atoms with Gasteiger partial charge in [-0.25, -0.2) is 4.39 Å². The van der Waals surface area contributed by atoms with Crippen LogP contribution in [0.1, 0.15) is 31.2 Å². The number of fused-ring (bicyclic) bond motifs is 1. The van der Waals surface area contributed by atoms with Crippen molar-refractivity contribution in [2.45, 2.75) is 25.7 Å². The molecule has 1 aliphatic rings. The van der Waals surface area contributed by atoms with Crippen LogP contribution in [0.25, 0.3) is 0 Å². The average Bonchev–Trinajstić information content (AvgIpc) is 2.56. The van der Waals surface area contributed by atoms with Crippen LogP contribution in [-0.2, 0) is 4.79 Å². The standard InChI is InChI=1S/C13H14BrFO3/c1-8(3-4-16)11-12(15)9(14)7-10-13(11)18-6-2-5-17-10/h4,7-8H,2-3,5-6H2,1H3. The van der Waals surface area contributed by atoms with Gasteiger partial charge in [-0.3, -0.25) is 0 Å². The summed E-state index contributed by atoms with van der Waals surface area (Å²) in [6.07, 6.45) is 1.80. The molecule has 0 bridgehead atoms. The normalized spacial score (nSPS) is 15.9. The minimum atomic E-state index is -0.381. The van der Waals surface area contributed by atoms with Gasteiger partial charge in [0, 0.05) is 24.5 Å². The molecule has 5 heteroatoms. The largest absolute Gasteiger partial charge is 0.490 e. The van der Waals surface area contributed by atoms with Crippen LogP contribution in [0, 0.1) is 5.82 Å². The molecule has 98 valence electrons. The Balaban J connectivity index is 2.53. The molecule has 2 rings (SSSR count). The molecule has 1 aromatic carbocycles. The number of benzene rings is 1. The molecular formula is C13H14BrFO3. The van der Waals surface area contributed by atoms with E-state index in [0.29, 0.717) is 34.7 Å². The molecule has 1 unspecified atom stereocenters. The third-order valence-electron chi connectivity index (χ3n) is 2.91. The molecule has 18 heavy (non-hydrogen) atoms. The number of carbonyl (C=O) groups is 1. The number of carbonyl (C=O) groups excluding carboxylic acids is 1. The zero-order valence-corrected chi connectivity index (χ0v) is 11.6. The maximum absolute atomic E-state index is 14.2. The second-order valence-corrected chi connectivity index (χ2v) is 5.12. The minimum absolute atomic E-state index is 0.240. The minimum Gasteiger partial charge on any atom is -0.490 e. The molecule has 0 aromatic heterocycles. The first-order valence-electron chi connectivity index (χ1n) is 5.86. The van der Waals surface area contributed by atoms with E-state index in [0.717, 1.165) is 12.7 Å². The van der Waals surface area contributed by atoms with Gasteiger partial charge in [-0.2, -0.15) is 0 Å². The van der Waals surface area contributed by atoms with Crippen molar-refractivity contribution < 1.29 is 18.7 Å². The number of hydrogen-bond donors (Lipinski definition) is 0. The number of halogens is 2. The van der Waals surface area contributed by atoms with Crippen molar-refractivity contribution >= 4 is 22.2 Å². The molecular weight excluding hydrogens is 303 g/mol. The van der Waals surface area contributed by atoms with Gasteiger partial charge in [-0.1, -0.05) is 6.92 Å². The zero-order valence-electron chi connectivity index (χ0n) is 10.0. The van der Waals surface area contributed by atoms with Crippen molar-refractivity contribution in [1.29, 1.82) is 0 Å². The summed E-state index contributed by atoms with van der Waals surface area (Å²) in [5.41, 5.74) is 0.411. The first kappa shape index (κ1) is 13.3. The highest BCUT2D eigenvalue weighted by molar-refractivity contribution is 9.10. The average molecular weight is 317 g/mol. The molecule has 0 spiro atoms. The third-order valence-corrected chi connectivity index (χ3v) is 3.48. The summed E-state index contributed by atoms with van der Waals surface area (Å²) in [6.45, 7) is 2.84. The van der Waals surface area contributed by atoms with Crippen LogP contribution in [0.3, 0.4) is 0 Å². The fraction of sp³-hybridized carbons (Fsp3) is 0.462. The van der Waals surface area contributed by atoms with Crippen molar-refractivity contribution in [2.75, 3.05) is 13.2 Å². The summed E-state index contributed by atoms with van der Waals surface area (Å²) < 4.78 is 25.7. The van der Waals surface area contributed by atoms with E-state index in [1.54, 1.807) is 13.0 Å². The molecule has 0 N–H and O–H groups in total. The molecule has 3 nitrogen and oxygen atoms in total. The first-order valence-corrected chi connectivity index (χ1v) is 6.65. The van der Waals surface area contributed by atoms with Gasteiger partial charge in [0.2, 0.25) is 0 Å². The summed E-state index contributed by atoms with van der Waals surface area (Å²) in [4.78, 5) is 10.6. The van der Waals surface area contributed by atoms with Crippen LogP contribution >= 0.6 is 15.9 Å². The molecule has 0 aliphatic carbocycles. The quantitative estimate of drug-likeness (QED) is 0.801. The summed E-state index contributed by atoms with van der Waals surface area (Å²) in [6, 6.07) is 1.58. The SMILES string of the molecule is CC(CC=O)c1c(F)c(Br)cc2c1OCCCO2. The molecule has 0 radical (unpaired) electrons. The molecule has 0 saturated heterocycles. The van der Waals surface area contributed by atoms with E-state index in [1.807, 2.05) is 0 Å². The van der Waals surface area contributed by atoms with Gasteiger partial charge in [0.1, 0.15) is 12.1 Å². The fourth-order valence-corrected chi connectivity index (χ4v) is 2.40. The molecule has 1 heterocycles. The Labute approximate surface area is 113 Å². The fourth-order valence-electron chi connectivity index (χ4n) is 1.98. The van der Waals surface area contributed by atoms with Crippen LogP contribution in [0.4, 0.5) is 4.39 Å². The third kappa shape index (κ3) is 2.51. The van der Waals surface area contributed by atoms with E-state index < -0.39 is 0 Å². The van der Waals surface area contributed by atoms with Crippen molar-refractivity contribution in [2.24, 2.45) is 0 Å². The predicted octanol–water partition coefficient (Wildman–Crippen LogP) is 3.44. The monoisotopic (exact) mass is 316 g/mol. The second-order valence-electron chi connectivity index (χ2n) is 4.27. The van der Waals surface area contributed by atoms with E-state index in [2.05, 4.69) is 15.9 Å². The molecule has 1 aromatic rings. The van der Waals surface area contributed by atoms with Gasteiger partial charge < -0.3 is 14.3 Å². The van der Waals surface area contributed by atoms with Crippen LogP contribution < -0.4 is 9.47 Å². The van der Waals surface area contributed by atoms with Gasteiger partial charge in [-0.15, -0.1) is 0 Å². The molecule has 1 atom stereocenters. The second kappa shape index (κ2) is 5.69. The van der Waals surface area contributed by atoms with Gasteiger partial charge in [0.15, 0.2) is 11.5 Å². The van der Waals surface area contributed by atoms with Gasteiger partial charge in [-0.05, 0) is 21.8 Å². The molecule has 1 aliphatic heterocycles. The Hall–Kier alpha value is -1.10. The number of ether oxygens (including phenoxy) is 2. The summed E-state index contributed by atoms with van der Waals surface area (Å²) in [5.74, 6) is 0.347. The summed E-state index contributed by atoms with van der Waals surface area (Å²) in [7, 11) is 0. The zero-order chi connectivity index (χ0) is 13.1. The van der Waals surface area contributed by atoms with Crippen molar-refractivity contribution in [3.8, 4) is 11.5 Å². The van der Waals surface area contributed by atoms with E-state index in [1.165, 1.54) is 0 Å². The highest BCUT2D eigenvalue weighted by atomic mass is 79.9. The Kier molecular flexibility index (Phi) is 4.22. The van der Waals surface area contributed by atoms with Crippen LogP contribution in [-0.4, -0.2) is 19.5 Å². The van der Waals surface area contributed by atoms with Crippen LogP contribution in [0.15, 0.2) is 10.5 Å². The lowest BCUT2D eigenvalue weighted by Crippen LogP contribution is -2.05. The summed E-state index contributed by atoms with van der Waals surface area (Å²) in [5, 5.41) is 0. The lowest BCUT2D eigenvalue weighted by atomic mass is 9.96. The van der Waals surface area contributed by atoms with Crippen molar-refractivity contribution in [1.82, 2.24) is 0 Å². The topological polar surface area (TPSA) is 35.5 Å². The van der Waals surface area contributed by atoms with Gasteiger partial charge >= 0.3 is 0 Å². The highest BCUT2D eigenvalue weighted by Crippen LogP contribution is 2.43. The Morgan fingerprint density at radius 1 is 1.50 bits per heavy atom. The number of hydrogen-bond acceptors (Lipinski definition) is 3.